The zero-order valence-corrected chi connectivity index (χ0v) is 7.10. The fourth-order valence-electron chi connectivity index (χ4n) is 1.90. The van der Waals surface area contributed by atoms with Crippen molar-refractivity contribution in [3.8, 4) is 0 Å². The number of epoxide rings is 1. The molecular formula is C10H10O3. The van der Waals surface area contributed by atoms with Gasteiger partial charge in [0.25, 0.3) is 0 Å². The van der Waals surface area contributed by atoms with Crippen LogP contribution in [0.3, 0.4) is 0 Å². The summed E-state index contributed by atoms with van der Waals surface area (Å²) in [4.78, 5) is 11.2. The molecule has 3 nitrogen and oxygen atoms in total. The minimum absolute atomic E-state index is 0.0394. The summed E-state index contributed by atoms with van der Waals surface area (Å²) < 4.78 is 10.2. The monoisotopic (exact) mass is 178 g/mol. The molecule has 2 aliphatic heterocycles. The fourth-order valence-corrected chi connectivity index (χ4v) is 1.90. The zero-order chi connectivity index (χ0) is 8.84. The van der Waals surface area contributed by atoms with E-state index in [1.165, 1.54) is 5.57 Å². The maximum atomic E-state index is 11.2. The topological polar surface area (TPSA) is 38.8 Å². The predicted molar refractivity (Wildman–Crippen MR) is 44.9 cm³/mol. The maximum absolute atomic E-state index is 11.2. The molecule has 0 aromatic rings. The van der Waals surface area contributed by atoms with Crippen LogP contribution in [0.15, 0.2) is 23.8 Å². The van der Waals surface area contributed by atoms with Gasteiger partial charge < -0.3 is 9.47 Å². The van der Waals surface area contributed by atoms with Gasteiger partial charge in [-0.05, 0) is 5.57 Å². The van der Waals surface area contributed by atoms with E-state index in [0.717, 1.165) is 6.61 Å². The van der Waals surface area contributed by atoms with Gasteiger partial charge >= 0.3 is 5.97 Å². The molecule has 0 bridgehead atoms. The van der Waals surface area contributed by atoms with E-state index in [1.54, 1.807) is 0 Å². The summed E-state index contributed by atoms with van der Waals surface area (Å²) in [5.74, 6) is 0.118. The van der Waals surface area contributed by atoms with Crippen LogP contribution in [0.5, 0.6) is 0 Å². The van der Waals surface area contributed by atoms with Crippen molar-refractivity contribution in [3.63, 3.8) is 0 Å². The molecule has 0 radical (unpaired) electrons. The lowest BCUT2D eigenvalue weighted by atomic mass is 9.87. The van der Waals surface area contributed by atoms with Crippen molar-refractivity contribution < 1.29 is 14.3 Å². The van der Waals surface area contributed by atoms with Gasteiger partial charge in [0, 0.05) is 5.92 Å². The minimum Gasteiger partial charge on any atom is -0.465 e. The zero-order valence-electron chi connectivity index (χ0n) is 7.10. The molecule has 0 amide bonds. The average molecular weight is 178 g/mol. The standard InChI is InChI=1S/C10H10O3/c11-10-8-2-1-6(9-5-12-9)3-7(8)4-13-10/h1-3,7-9H,4-5H2. The molecule has 3 unspecified atom stereocenters. The van der Waals surface area contributed by atoms with Crippen molar-refractivity contribution >= 4 is 5.97 Å². The van der Waals surface area contributed by atoms with Gasteiger partial charge in [0.05, 0.1) is 19.1 Å². The van der Waals surface area contributed by atoms with E-state index in [-0.39, 0.29) is 23.9 Å². The van der Waals surface area contributed by atoms with E-state index in [9.17, 15) is 4.79 Å². The summed E-state index contributed by atoms with van der Waals surface area (Å²) in [6.07, 6.45) is 6.34. The molecule has 2 fully saturated rings. The summed E-state index contributed by atoms with van der Waals surface area (Å²) in [6, 6.07) is 0. The van der Waals surface area contributed by atoms with Crippen molar-refractivity contribution in [3.05, 3.63) is 23.8 Å². The average Bonchev–Trinajstić information content (AvgIpc) is 2.93. The van der Waals surface area contributed by atoms with Crippen molar-refractivity contribution in [1.29, 1.82) is 0 Å². The first kappa shape index (κ1) is 7.33. The molecule has 3 aliphatic rings. The first-order valence-electron chi connectivity index (χ1n) is 4.53. The summed E-state index contributed by atoms with van der Waals surface area (Å²) in [5.41, 5.74) is 1.21. The molecule has 0 saturated carbocycles. The Labute approximate surface area is 76.0 Å². The number of carbonyl (C=O) groups is 1. The molecule has 2 heterocycles. The van der Waals surface area contributed by atoms with Gasteiger partial charge in [0.15, 0.2) is 0 Å². The summed E-state index contributed by atoms with van der Waals surface area (Å²) in [6.45, 7) is 1.35. The van der Waals surface area contributed by atoms with Crippen LogP contribution in [0.2, 0.25) is 0 Å². The largest absolute Gasteiger partial charge is 0.465 e. The highest BCUT2D eigenvalue weighted by Gasteiger charge is 2.38. The van der Waals surface area contributed by atoms with Crippen LogP contribution in [-0.4, -0.2) is 25.3 Å². The number of fused-ring (bicyclic) bond motifs is 1. The highest BCUT2D eigenvalue weighted by Crippen LogP contribution is 2.33. The van der Waals surface area contributed by atoms with Crippen LogP contribution in [-0.2, 0) is 14.3 Å². The first-order valence-corrected chi connectivity index (χ1v) is 4.53. The van der Waals surface area contributed by atoms with Crippen LogP contribution >= 0.6 is 0 Å². The molecule has 3 atom stereocenters. The highest BCUT2D eigenvalue weighted by atomic mass is 16.6. The lowest BCUT2D eigenvalue weighted by Crippen LogP contribution is -2.15. The Kier molecular flexibility index (Phi) is 1.38. The Morgan fingerprint density at radius 2 is 2.23 bits per heavy atom. The van der Waals surface area contributed by atoms with Crippen molar-refractivity contribution in [2.75, 3.05) is 13.2 Å². The fraction of sp³-hybridized carbons (Fsp3) is 0.500. The summed E-state index contributed by atoms with van der Waals surface area (Å²) in [7, 11) is 0. The number of rotatable bonds is 1. The Hall–Kier alpha value is -1.09. The van der Waals surface area contributed by atoms with Gasteiger partial charge in [-0.3, -0.25) is 4.79 Å². The number of hydrogen-bond acceptors (Lipinski definition) is 3. The van der Waals surface area contributed by atoms with Gasteiger partial charge in [-0.1, -0.05) is 18.2 Å². The van der Waals surface area contributed by atoms with E-state index in [1.807, 2.05) is 12.2 Å². The molecule has 1 aliphatic carbocycles. The lowest BCUT2D eigenvalue weighted by molar-refractivity contribution is -0.140. The molecule has 3 heteroatoms. The number of ether oxygens (including phenoxy) is 2. The minimum atomic E-state index is -0.0896. The maximum Gasteiger partial charge on any atom is 0.313 e. The van der Waals surface area contributed by atoms with Gasteiger partial charge in [-0.25, -0.2) is 0 Å². The smallest absolute Gasteiger partial charge is 0.313 e. The van der Waals surface area contributed by atoms with Gasteiger partial charge in [-0.15, -0.1) is 0 Å². The van der Waals surface area contributed by atoms with Gasteiger partial charge in [0.1, 0.15) is 6.10 Å². The van der Waals surface area contributed by atoms with Crippen LogP contribution in [0.4, 0.5) is 0 Å². The molecule has 68 valence electrons. The number of cyclic esters (lactones) is 1. The quantitative estimate of drug-likeness (QED) is 0.437. The molecule has 3 rings (SSSR count). The Morgan fingerprint density at radius 1 is 1.38 bits per heavy atom. The molecule has 0 aromatic carbocycles. The van der Waals surface area contributed by atoms with E-state index in [0.29, 0.717) is 6.61 Å². The Morgan fingerprint density at radius 3 is 3.00 bits per heavy atom. The summed E-state index contributed by atoms with van der Waals surface area (Å²) >= 11 is 0. The van der Waals surface area contributed by atoms with Crippen molar-refractivity contribution in [2.24, 2.45) is 11.8 Å². The Balaban J connectivity index is 1.86. The van der Waals surface area contributed by atoms with E-state index >= 15 is 0 Å². The molecule has 0 spiro atoms. The van der Waals surface area contributed by atoms with E-state index < -0.39 is 0 Å². The molecule has 13 heavy (non-hydrogen) atoms. The van der Waals surface area contributed by atoms with E-state index in [4.69, 9.17) is 9.47 Å². The molecule has 2 saturated heterocycles. The second-order valence-electron chi connectivity index (χ2n) is 3.67. The number of carbonyl (C=O) groups excluding carboxylic acids is 1. The lowest BCUT2D eigenvalue weighted by Gasteiger charge is -2.13. The summed E-state index contributed by atoms with van der Waals surface area (Å²) in [5, 5.41) is 0. The second-order valence-corrected chi connectivity index (χ2v) is 3.67. The third-order valence-electron chi connectivity index (χ3n) is 2.76. The van der Waals surface area contributed by atoms with Gasteiger partial charge in [0.2, 0.25) is 0 Å². The second kappa shape index (κ2) is 2.45. The molecule has 0 aromatic heterocycles. The normalized spacial score (nSPS) is 41.1. The first-order chi connectivity index (χ1) is 6.34. The third kappa shape index (κ3) is 1.11. The molecular weight excluding hydrogens is 168 g/mol. The van der Waals surface area contributed by atoms with Crippen molar-refractivity contribution in [2.45, 2.75) is 6.10 Å². The van der Waals surface area contributed by atoms with E-state index in [2.05, 4.69) is 6.08 Å². The predicted octanol–water partition coefficient (Wildman–Crippen LogP) is 0.671. The van der Waals surface area contributed by atoms with Crippen molar-refractivity contribution in [1.82, 2.24) is 0 Å². The molecule has 0 N–H and O–H groups in total. The van der Waals surface area contributed by atoms with Crippen LogP contribution in [0.25, 0.3) is 0 Å². The number of esters is 1. The van der Waals surface area contributed by atoms with Crippen LogP contribution < -0.4 is 0 Å². The SMILES string of the molecule is O=C1OCC2C=C(C3CO3)C=CC12. The van der Waals surface area contributed by atoms with Crippen LogP contribution in [0.1, 0.15) is 0 Å². The van der Waals surface area contributed by atoms with Gasteiger partial charge in [-0.2, -0.15) is 0 Å². The highest BCUT2D eigenvalue weighted by molar-refractivity contribution is 5.78. The number of hydrogen-bond donors (Lipinski definition) is 0. The third-order valence-corrected chi connectivity index (χ3v) is 2.76. The van der Waals surface area contributed by atoms with Crippen LogP contribution in [0, 0.1) is 11.8 Å². The Bertz CT molecular complexity index is 312.